The monoisotopic (exact) mass is 289 g/mol. The van der Waals surface area contributed by atoms with E-state index in [2.05, 4.69) is 10.1 Å². The van der Waals surface area contributed by atoms with Gasteiger partial charge in [-0.15, -0.1) is 0 Å². The molecular weight excluding hydrogens is 278 g/mol. The molecule has 2 rings (SSSR count). The standard InChI is InChI=1S/C12H11F4N3O/c1-2-9-18-11(19-20-9)10(17)6-3-7(12(14,15)16)5-8(13)4-6/h3-5,10H,2,17H2,1H3. The number of nitrogens with two attached hydrogens (primary N) is 1. The number of halogens is 4. The zero-order valence-electron chi connectivity index (χ0n) is 10.4. The summed E-state index contributed by atoms with van der Waals surface area (Å²) in [5.41, 5.74) is 4.57. The number of alkyl halides is 3. The van der Waals surface area contributed by atoms with Gasteiger partial charge >= 0.3 is 6.18 Å². The van der Waals surface area contributed by atoms with E-state index < -0.39 is 23.6 Å². The first kappa shape index (κ1) is 14.4. The van der Waals surface area contributed by atoms with Crippen LogP contribution in [0.15, 0.2) is 22.7 Å². The van der Waals surface area contributed by atoms with Crippen molar-refractivity contribution >= 4 is 0 Å². The summed E-state index contributed by atoms with van der Waals surface area (Å²) < 4.78 is 56.0. The van der Waals surface area contributed by atoms with E-state index in [9.17, 15) is 17.6 Å². The van der Waals surface area contributed by atoms with Crippen molar-refractivity contribution in [2.75, 3.05) is 0 Å². The molecule has 2 aromatic rings. The van der Waals surface area contributed by atoms with Crippen LogP contribution in [0, 0.1) is 5.82 Å². The van der Waals surface area contributed by atoms with Crippen LogP contribution in [0.5, 0.6) is 0 Å². The summed E-state index contributed by atoms with van der Waals surface area (Å²) in [6.45, 7) is 1.77. The summed E-state index contributed by atoms with van der Waals surface area (Å²) in [5.74, 6) is -0.701. The topological polar surface area (TPSA) is 64.9 Å². The van der Waals surface area contributed by atoms with Crippen LogP contribution in [0.1, 0.15) is 35.8 Å². The zero-order chi connectivity index (χ0) is 14.9. The van der Waals surface area contributed by atoms with Crippen LogP contribution in [-0.4, -0.2) is 10.1 Å². The van der Waals surface area contributed by atoms with Crippen molar-refractivity contribution in [3.8, 4) is 0 Å². The molecule has 0 fully saturated rings. The predicted molar refractivity (Wildman–Crippen MR) is 61.1 cm³/mol. The van der Waals surface area contributed by atoms with Gasteiger partial charge in [0.15, 0.2) is 5.82 Å². The van der Waals surface area contributed by atoms with Gasteiger partial charge in [-0.25, -0.2) is 4.39 Å². The van der Waals surface area contributed by atoms with E-state index in [1.807, 2.05) is 0 Å². The molecule has 20 heavy (non-hydrogen) atoms. The van der Waals surface area contributed by atoms with Gasteiger partial charge < -0.3 is 10.3 Å². The number of benzene rings is 1. The van der Waals surface area contributed by atoms with E-state index >= 15 is 0 Å². The van der Waals surface area contributed by atoms with Crippen LogP contribution in [0.4, 0.5) is 17.6 Å². The second-order valence-corrected chi connectivity index (χ2v) is 4.15. The summed E-state index contributed by atoms with van der Waals surface area (Å²) in [5, 5.41) is 3.57. The average molecular weight is 289 g/mol. The van der Waals surface area contributed by atoms with E-state index in [-0.39, 0.29) is 11.4 Å². The largest absolute Gasteiger partial charge is 0.416 e. The van der Waals surface area contributed by atoms with Gasteiger partial charge in [-0.05, 0) is 23.8 Å². The minimum atomic E-state index is -4.65. The molecule has 0 saturated carbocycles. The van der Waals surface area contributed by atoms with Gasteiger partial charge in [-0.2, -0.15) is 18.2 Å². The van der Waals surface area contributed by atoms with Crippen LogP contribution in [0.25, 0.3) is 0 Å². The Balaban J connectivity index is 2.39. The summed E-state index contributed by atoms with van der Waals surface area (Å²) in [6.07, 6.45) is -4.18. The molecule has 0 aliphatic rings. The van der Waals surface area contributed by atoms with Crippen molar-refractivity contribution in [2.45, 2.75) is 25.6 Å². The number of hydrogen-bond donors (Lipinski definition) is 1. The highest BCUT2D eigenvalue weighted by atomic mass is 19.4. The van der Waals surface area contributed by atoms with Gasteiger partial charge in [-0.1, -0.05) is 12.1 Å². The second-order valence-electron chi connectivity index (χ2n) is 4.15. The molecule has 0 amide bonds. The van der Waals surface area contributed by atoms with Crippen molar-refractivity contribution in [1.29, 1.82) is 0 Å². The number of rotatable bonds is 3. The Kier molecular flexibility index (Phi) is 3.76. The Morgan fingerprint density at radius 2 is 2.00 bits per heavy atom. The van der Waals surface area contributed by atoms with E-state index in [0.717, 1.165) is 12.1 Å². The summed E-state index contributed by atoms with van der Waals surface area (Å²) >= 11 is 0. The fourth-order valence-electron chi connectivity index (χ4n) is 1.64. The van der Waals surface area contributed by atoms with Crippen molar-refractivity contribution in [2.24, 2.45) is 5.73 Å². The van der Waals surface area contributed by atoms with Crippen LogP contribution >= 0.6 is 0 Å². The van der Waals surface area contributed by atoms with Gasteiger partial charge in [0, 0.05) is 6.42 Å². The first-order valence-electron chi connectivity index (χ1n) is 5.77. The third-order valence-electron chi connectivity index (χ3n) is 2.67. The molecule has 4 nitrogen and oxygen atoms in total. The molecule has 0 aliphatic heterocycles. The Hall–Kier alpha value is -1.96. The summed E-state index contributed by atoms with van der Waals surface area (Å²) in [7, 11) is 0. The highest BCUT2D eigenvalue weighted by molar-refractivity contribution is 5.31. The molecule has 0 spiro atoms. The maximum Gasteiger partial charge on any atom is 0.416 e. The van der Waals surface area contributed by atoms with Crippen molar-refractivity contribution < 1.29 is 22.1 Å². The molecule has 0 saturated heterocycles. The fraction of sp³-hybridized carbons (Fsp3) is 0.333. The number of hydrogen-bond acceptors (Lipinski definition) is 4. The van der Waals surface area contributed by atoms with Gasteiger partial charge in [0.05, 0.1) is 11.6 Å². The van der Waals surface area contributed by atoms with E-state index in [1.165, 1.54) is 0 Å². The number of aryl methyl sites for hydroxylation is 1. The zero-order valence-corrected chi connectivity index (χ0v) is 10.4. The van der Waals surface area contributed by atoms with Crippen LogP contribution in [0.2, 0.25) is 0 Å². The van der Waals surface area contributed by atoms with E-state index in [4.69, 9.17) is 10.3 Å². The minimum absolute atomic E-state index is 0.0144. The Morgan fingerprint density at radius 3 is 2.55 bits per heavy atom. The molecule has 8 heteroatoms. The number of aromatic nitrogens is 2. The van der Waals surface area contributed by atoms with Gasteiger partial charge in [0.25, 0.3) is 0 Å². The SMILES string of the molecule is CCc1nc(C(N)c2cc(F)cc(C(F)(F)F)c2)no1. The third kappa shape index (κ3) is 2.96. The molecule has 1 unspecified atom stereocenters. The lowest BCUT2D eigenvalue weighted by molar-refractivity contribution is -0.137. The highest BCUT2D eigenvalue weighted by Crippen LogP contribution is 2.32. The molecule has 1 heterocycles. The lowest BCUT2D eigenvalue weighted by Gasteiger charge is -2.12. The number of nitrogens with zero attached hydrogens (tertiary/aromatic N) is 2. The lowest BCUT2D eigenvalue weighted by Crippen LogP contribution is -2.16. The molecule has 1 aromatic heterocycles. The molecule has 0 bridgehead atoms. The van der Waals surface area contributed by atoms with Gasteiger partial charge in [0.1, 0.15) is 5.82 Å². The van der Waals surface area contributed by atoms with E-state index in [0.29, 0.717) is 18.4 Å². The molecule has 1 atom stereocenters. The Labute approximate surface area is 111 Å². The van der Waals surface area contributed by atoms with Crippen LogP contribution < -0.4 is 5.73 Å². The van der Waals surface area contributed by atoms with Crippen LogP contribution in [-0.2, 0) is 12.6 Å². The second kappa shape index (κ2) is 5.20. The smallest absolute Gasteiger partial charge is 0.339 e. The third-order valence-corrected chi connectivity index (χ3v) is 2.67. The van der Waals surface area contributed by atoms with Gasteiger partial charge in [-0.3, -0.25) is 0 Å². The molecular formula is C12H11F4N3O. The van der Waals surface area contributed by atoms with Gasteiger partial charge in [0.2, 0.25) is 5.89 Å². The van der Waals surface area contributed by atoms with Crippen molar-refractivity contribution in [3.05, 3.63) is 46.9 Å². The summed E-state index contributed by atoms with van der Waals surface area (Å²) in [4.78, 5) is 3.92. The van der Waals surface area contributed by atoms with Crippen molar-refractivity contribution in [3.63, 3.8) is 0 Å². The molecule has 108 valence electrons. The first-order valence-corrected chi connectivity index (χ1v) is 5.77. The Bertz CT molecular complexity index is 609. The lowest BCUT2D eigenvalue weighted by atomic mass is 10.0. The predicted octanol–water partition coefficient (Wildman–Crippen LogP) is 2.84. The minimum Gasteiger partial charge on any atom is -0.339 e. The highest BCUT2D eigenvalue weighted by Gasteiger charge is 2.32. The Morgan fingerprint density at radius 1 is 1.30 bits per heavy atom. The maximum absolute atomic E-state index is 13.3. The first-order chi connectivity index (χ1) is 9.31. The van der Waals surface area contributed by atoms with E-state index in [1.54, 1.807) is 6.92 Å². The average Bonchev–Trinajstić information content (AvgIpc) is 2.84. The molecule has 0 aliphatic carbocycles. The molecule has 2 N–H and O–H groups in total. The summed E-state index contributed by atoms with van der Waals surface area (Å²) in [6, 6.07) is 1.01. The molecule has 0 radical (unpaired) electrons. The maximum atomic E-state index is 13.3. The molecule has 1 aromatic carbocycles. The normalized spacial score (nSPS) is 13.5. The quantitative estimate of drug-likeness (QED) is 0.882. The van der Waals surface area contributed by atoms with Crippen molar-refractivity contribution in [1.82, 2.24) is 10.1 Å². The van der Waals surface area contributed by atoms with Crippen LogP contribution in [0.3, 0.4) is 0 Å². The fourth-order valence-corrected chi connectivity index (χ4v) is 1.64.